The molecule has 0 radical (unpaired) electrons. The Bertz CT molecular complexity index is 549. The Morgan fingerprint density at radius 1 is 1.20 bits per heavy atom. The quantitative estimate of drug-likeness (QED) is 0.774. The molecule has 0 saturated heterocycles. The van der Waals surface area contributed by atoms with E-state index in [9.17, 15) is 0 Å². The fourth-order valence-electron chi connectivity index (χ4n) is 2.14. The Kier molecular flexibility index (Phi) is 5.52. The standard InChI is InChI=1S/C16H19BrN2S/c1-11-7-13(17)9-14(8-11)19-16(10-18)12-3-5-15(20-2)6-4-12/h3-9,16,19H,10,18H2,1-2H3. The van der Waals surface area contributed by atoms with E-state index in [0.29, 0.717) is 6.54 Å². The van der Waals surface area contributed by atoms with Crippen LogP contribution in [0.4, 0.5) is 5.69 Å². The van der Waals surface area contributed by atoms with Gasteiger partial charge in [-0.15, -0.1) is 11.8 Å². The van der Waals surface area contributed by atoms with Crippen molar-refractivity contribution >= 4 is 33.4 Å². The number of benzene rings is 2. The van der Waals surface area contributed by atoms with Crippen LogP contribution in [-0.4, -0.2) is 12.8 Å². The summed E-state index contributed by atoms with van der Waals surface area (Å²) in [5, 5.41) is 3.50. The number of rotatable bonds is 5. The molecule has 3 N–H and O–H groups in total. The van der Waals surface area contributed by atoms with E-state index >= 15 is 0 Å². The minimum absolute atomic E-state index is 0.125. The van der Waals surface area contributed by atoms with Gasteiger partial charge in [0.1, 0.15) is 0 Å². The molecule has 0 saturated carbocycles. The summed E-state index contributed by atoms with van der Waals surface area (Å²) >= 11 is 5.27. The maximum atomic E-state index is 5.92. The first-order valence-corrected chi connectivity index (χ1v) is 8.52. The van der Waals surface area contributed by atoms with Gasteiger partial charge in [0.2, 0.25) is 0 Å². The summed E-state index contributed by atoms with van der Waals surface area (Å²) in [4.78, 5) is 1.27. The molecule has 20 heavy (non-hydrogen) atoms. The van der Waals surface area contributed by atoms with Gasteiger partial charge in [0.25, 0.3) is 0 Å². The molecule has 0 aliphatic carbocycles. The maximum absolute atomic E-state index is 5.92. The zero-order valence-corrected chi connectivity index (χ0v) is 14.1. The third-order valence-electron chi connectivity index (χ3n) is 3.14. The summed E-state index contributed by atoms with van der Waals surface area (Å²) in [6.07, 6.45) is 2.08. The van der Waals surface area contributed by atoms with Gasteiger partial charge >= 0.3 is 0 Å². The average molecular weight is 351 g/mol. The summed E-state index contributed by atoms with van der Waals surface area (Å²) in [6, 6.07) is 15.0. The molecular weight excluding hydrogens is 332 g/mol. The highest BCUT2D eigenvalue weighted by Crippen LogP contribution is 2.25. The van der Waals surface area contributed by atoms with Gasteiger partial charge in [-0.2, -0.15) is 0 Å². The van der Waals surface area contributed by atoms with Crippen molar-refractivity contribution in [3.8, 4) is 0 Å². The van der Waals surface area contributed by atoms with Crippen LogP contribution < -0.4 is 11.1 Å². The third-order valence-corrected chi connectivity index (χ3v) is 4.34. The van der Waals surface area contributed by atoms with E-state index in [4.69, 9.17) is 5.73 Å². The van der Waals surface area contributed by atoms with Crippen LogP contribution in [-0.2, 0) is 0 Å². The topological polar surface area (TPSA) is 38.0 Å². The number of nitrogens with one attached hydrogen (secondary N) is 1. The first-order chi connectivity index (χ1) is 9.62. The second-order valence-corrected chi connectivity index (χ2v) is 6.52. The van der Waals surface area contributed by atoms with Crippen LogP contribution >= 0.6 is 27.7 Å². The van der Waals surface area contributed by atoms with E-state index in [1.54, 1.807) is 11.8 Å². The molecule has 0 bridgehead atoms. The first-order valence-electron chi connectivity index (χ1n) is 6.50. The Morgan fingerprint density at radius 3 is 2.45 bits per heavy atom. The van der Waals surface area contributed by atoms with Gasteiger partial charge in [0.15, 0.2) is 0 Å². The zero-order chi connectivity index (χ0) is 14.5. The fourth-order valence-corrected chi connectivity index (χ4v) is 3.15. The minimum Gasteiger partial charge on any atom is -0.377 e. The molecule has 0 aromatic heterocycles. The van der Waals surface area contributed by atoms with E-state index in [2.05, 4.69) is 76.9 Å². The van der Waals surface area contributed by atoms with Crippen molar-refractivity contribution in [2.45, 2.75) is 17.9 Å². The van der Waals surface area contributed by atoms with Crippen molar-refractivity contribution in [1.82, 2.24) is 0 Å². The second-order valence-electron chi connectivity index (χ2n) is 4.72. The van der Waals surface area contributed by atoms with Crippen molar-refractivity contribution in [2.75, 3.05) is 18.1 Å². The highest BCUT2D eigenvalue weighted by molar-refractivity contribution is 9.10. The number of aryl methyl sites for hydroxylation is 1. The van der Waals surface area contributed by atoms with Crippen LogP contribution in [0, 0.1) is 6.92 Å². The SMILES string of the molecule is CSc1ccc(C(CN)Nc2cc(C)cc(Br)c2)cc1. The molecule has 1 atom stereocenters. The fraction of sp³-hybridized carbons (Fsp3) is 0.250. The second kappa shape index (κ2) is 7.16. The van der Waals surface area contributed by atoms with Crippen LogP contribution in [0.3, 0.4) is 0 Å². The lowest BCUT2D eigenvalue weighted by atomic mass is 10.1. The predicted molar refractivity (Wildman–Crippen MR) is 92.5 cm³/mol. The van der Waals surface area contributed by atoms with Crippen molar-refractivity contribution in [1.29, 1.82) is 0 Å². The monoisotopic (exact) mass is 350 g/mol. The van der Waals surface area contributed by atoms with Crippen molar-refractivity contribution in [2.24, 2.45) is 5.73 Å². The van der Waals surface area contributed by atoms with Gasteiger partial charge in [0, 0.05) is 21.6 Å². The van der Waals surface area contributed by atoms with Crippen molar-refractivity contribution in [3.05, 3.63) is 58.1 Å². The number of halogens is 1. The van der Waals surface area contributed by atoms with Gasteiger partial charge in [-0.25, -0.2) is 0 Å². The number of hydrogen-bond acceptors (Lipinski definition) is 3. The summed E-state index contributed by atoms with van der Waals surface area (Å²) in [7, 11) is 0. The Morgan fingerprint density at radius 2 is 1.90 bits per heavy atom. The third kappa shape index (κ3) is 4.01. The van der Waals surface area contributed by atoms with Crippen LogP contribution in [0.15, 0.2) is 51.8 Å². The largest absolute Gasteiger partial charge is 0.377 e. The Balaban J connectivity index is 2.19. The lowest BCUT2D eigenvalue weighted by molar-refractivity contribution is 0.789. The molecule has 106 valence electrons. The molecule has 0 spiro atoms. The molecule has 2 rings (SSSR count). The average Bonchev–Trinajstić information content (AvgIpc) is 2.44. The molecule has 2 nitrogen and oxygen atoms in total. The van der Waals surface area contributed by atoms with E-state index in [1.165, 1.54) is 16.0 Å². The van der Waals surface area contributed by atoms with E-state index in [-0.39, 0.29) is 6.04 Å². The Hall–Kier alpha value is -0.970. The van der Waals surface area contributed by atoms with Gasteiger partial charge in [-0.1, -0.05) is 28.1 Å². The number of hydrogen-bond donors (Lipinski definition) is 2. The van der Waals surface area contributed by atoms with Gasteiger partial charge in [-0.3, -0.25) is 0 Å². The summed E-state index contributed by atoms with van der Waals surface area (Å²) in [5.41, 5.74) is 9.43. The van der Waals surface area contributed by atoms with E-state index in [1.807, 2.05) is 0 Å². The molecule has 0 amide bonds. The zero-order valence-electron chi connectivity index (χ0n) is 11.7. The lowest BCUT2D eigenvalue weighted by Gasteiger charge is -2.19. The smallest absolute Gasteiger partial charge is 0.0636 e. The van der Waals surface area contributed by atoms with E-state index < -0.39 is 0 Å². The molecule has 0 aliphatic rings. The maximum Gasteiger partial charge on any atom is 0.0636 e. The number of nitrogens with two attached hydrogens (primary N) is 1. The molecule has 4 heteroatoms. The molecular formula is C16H19BrN2S. The van der Waals surface area contributed by atoms with Gasteiger partial charge in [-0.05, 0) is 54.6 Å². The summed E-state index contributed by atoms with van der Waals surface area (Å²) in [5.74, 6) is 0. The van der Waals surface area contributed by atoms with Crippen LogP contribution in [0.1, 0.15) is 17.2 Å². The normalized spacial score (nSPS) is 12.2. The lowest BCUT2D eigenvalue weighted by Crippen LogP contribution is -2.20. The van der Waals surface area contributed by atoms with Crippen molar-refractivity contribution < 1.29 is 0 Å². The molecule has 2 aromatic rings. The van der Waals surface area contributed by atoms with Crippen LogP contribution in [0.2, 0.25) is 0 Å². The van der Waals surface area contributed by atoms with E-state index in [0.717, 1.165) is 10.2 Å². The highest BCUT2D eigenvalue weighted by atomic mass is 79.9. The molecule has 1 unspecified atom stereocenters. The molecule has 0 aliphatic heterocycles. The molecule has 2 aromatic carbocycles. The number of anilines is 1. The molecule has 0 heterocycles. The summed E-state index contributed by atoms with van der Waals surface area (Å²) < 4.78 is 1.08. The first kappa shape index (κ1) is 15.4. The summed E-state index contributed by atoms with van der Waals surface area (Å²) in [6.45, 7) is 2.64. The van der Waals surface area contributed by atoms with Gasteiger partial charge in [0.05, 0.1) is 6.04 Å². The number of thioether (sulfide) groups is 1. The Labute approximate surface area is 133 Å². The van der Waals surface area contributed by atoms with Crippen LogP contribution in [0.5, 0.6) is 0 Å². The van der Waals surface area contributed by atoms with Crippen molar-refractivity contribution in [3.63, 3.8) is 0 Å². The molecule has 0 fully saturated rings. The van der Waals surface area contributed by atoms with Crippen LogP contribution in [0.25, 0.3) is 0 Å². The minimum atomic E-state index is 0.125. The van der Waals surface area contributed by atoms with Gasteiger partial charge < -0.3 is 11.1 Å². The predicted octanol–water partition coefficient (Wildman–Crippen LogP) is 4.59. The highest BCUT2D eigenvalue weighted by Gasteiger charge is 2.10.